The van der Waals surface area contributed by atoms with Crippen LogP contribution in [0.5, 0.6) is 0 Å². The van der Waals surface area contributed by atoms with Crippen LogP contribution in [0.4, 0.5) is 5.69 Å². The lowest BCUT2D eigenvalue weighted by Crippen LogP contribution is -2.18. The predicted octanol–water partition coefficient (Wildman–Crippen LogP) is 1.62. The molecule has 0 radical (unpaired) electrons. The lowest BCUT2D eigenvalue weighted by molar-refractivity contribution is -0.116. The first-order valence-corrected chi connectivity index (χ1v) is 8.74. The molecule has 0 spiro atoms. The van der Waals surface area contributed by atoms with Crippen molar-refractivity contribution in [1.29, 1.82) is 0 Å². The number of nitrogens with zero attached hydrogens (tertiary/aromatic N) is 3. The van der Waals surface area contributed by atoms with Crippen molar-refractivity contribution >= 4 is 29.3 Å². The molecule has 2 aromatic rings. The van der Waals surface area contributed by atoms with Gasteiger partial charge in [-0.1, -0.05) is 36.9 Å². The molecule has 0 fully saturated rings. The van der Waals surface area contributed by atoms with Gasteiger partial charge in [0.15, 0.2) is 5.16 Å². The fourth-order valence-corrected chi connectivity index (χ4v) is 3.06. The molecule has 128 valence electrons. The summed E-state index contributed by atoms with van der Waals surface area (Å²) in [5, 5.41) is 11.6. The highest BCUT2D eigenvalue weighted by molar-refractivity contribution is 7.99. The number of para-hydroxylation sites is 1. The third-order valence-electron chi connectivity index (χ3n) is 3.44. The summed E-state index contributed by atoms with van der Waals surface area (Å²) < 4.78 is 1.82. The maximum Gasteiger partial charge on any atom is 0.232 e. The zero-order chi connectivity index (χ0) is 17.5. The summed E-state index contributed by atoms with van der Waals surface area (Å²) in [5.41, 5.74) is 7.05. The molecule has 0 atom stereocenters. The minimum atomic E-state index is -0.416. The highest BCUT2D eigenvalue weighted by atomic mass is 32.2. The maximum absolute atomic E-state index is 12.3. The molecule has 1 aromatic heterocycles. The summed E-state index contributed by atoms with van der Waals surface area (Å²) in [5.74, 6) is 0.135. The van der Waals surface area contributed by atoms with Crippen LogP contribution in [0.1, 0.15) is 25.2 Å². The number of nitrogens with two attached hydrogens (primary N) is 1. The topological polar surface area (TPSA) is 103 Å². The van der Waals surface area contributed by atoms with E-state index in [1.807, 2.05) is 42.7 Å². The van der Waals surface area contributed by atoms with Gasteiger partial charge >= 0.3 is 0 Å². The zero-order valence-corrected chi connectivity index (χ0v) is 14.6. The second-order valence-electron chi connectivity index (χ2n) is 5.13. The third-order valence-corrected chi connectivity index (χ3v) is 4.43. The number of anilines is 1. The quantitative estimate of drug-likeness (QED) is 0.706. The van der Waals surface area contributed by atoms with Gasteiger partial charge in [0, 0.05) is 12.2 Å². The molecule has 3 N–H and O–H groups in total. The number of rotatable bonds is 8. The van der Waals surface area contributed by atoms with Crippen molar-refractivity contribution in [2.24, 2.45) is 5.73 Å². The normalized spacial score (nSPS) is 10.6. The second kappa shape index (κ2) is 8.49. The Hall–Kier alpha value is -2.35. The van der Waals surface area contributed by atoms with E-state index >= 15 is 0 Å². The SMILES string of the molecule is CCc1ccccc1NC(=O)Cc1nnc(SCC(N)=O)n1CC. The molecule has 0 unspecified atom stereocenters. The average Bonchev–Trinajstić information content (AvgIpc) is 2.94. The van der Waals surface area contributed by atoms with E-state index in [2.05, 4.69) is 15.5 Å². The molecule has 0 bridgehead atoms. The fraction of sp³-hybridized carbons (Fsp3) is 0.375. The van der Waals surface area contributed by atoms with Crippen molar-refractivity contribution in [3.63, 3.8) is 0 Å². The van der Waals surface area contributed by atoms with Crippen LogP contribution in [0.25, 0.3) is 0 Å². The van der Waals surface area contributed by atoms with E-state index in [-0.39, 0.29) is 18.1 Å². The lowest BCUT2D eigenvalue weighted by Gasteiger charge is -2.10. The Morgan fingerprint density at radius 2 is 2.00 bits per heavy atom. The molecule has 8 heteroatoms. The molecule has 2 rings (SSSR count). The first-order valence-electron chi connectivity index (χ1n) is 7.76. The van der Waals surface area contributed by atoms with Crippen molar-refractivity contribution in [3.05, 3.63) is 35.7 Å². The second-order valence-corrected chi connectivity index (χ2v) is 6.08. The Morgan fingerprint density at radius 1 is 1.25 bits per heavy atom. The molecule has 1 aromatic carbocycles. The molecular weight excluding hydrogens is 326 g/mol. The molecule has 0 aliphatic rings. The summed E-state index contributed by atoms with van der Waals surface area (Å²) in [6, 6.07) is 7.71. The van der Waals surface area contributed by atoms with Gasteiger partial charge in [0.1, 0.15) is 5.82 Å². The van der Waals surface area contributed by atoms with Crippen LogP contribution in [0.3, 0.4) is 0 Å². The van der Waals surface area contributed by atoms with Gasteiger partial charge in [-0.25, -0.2) is 0 Å². The van der Waals surface area contributed by atoms with Crippen molar-refractivity contribution in [2.45, 2.75) is 38.4 Å². The highest BCUT2D eigenvalue weighted by Gasteiger charge is 2.16. The van der Waals surface area contributed by atoms with E-state index in [0.717, 1.165) is 17.7 Å². The summed E-state index contributed by atoms with van der Waals surface area (Å²) in [7, 11) is 0. The van der Waals surface area contributed by atoms with Crippen molar-refractivity contribution in [3.8, 4) is 0 Å². The molecule has 24 heavy (non-hydrogen) atoms. The number of benzene rings is 1. The number of hydrogen-bond acceptors (Lipinski definition) is 5. The van der Waals surface area contributed by atoms with Crippen LogP contribution in [0.15, 0.2) is 29.4 Å². The minimum Gasteiger partial charge on any atom is -0.369 e. The van der Waals surface area contributed by atoms with Gasteiger partial charge in [-0.2, -0.15) is 0 Å². The lowest BCUT2D eigenvalue weighted by atomic mass is 10.1. The number of carbonyl (C=O) groups excluding carboxylic acids is 2. The van der Waals surface area contributed by atoms with Crippen LogP contribution >= 0.6 is 11.8 Å². The molecule has 1 heterocycles. The number of aromatic nitrogens is 3. The summed E-state index contributed by atoms with van der Waals surface area (Å²) in [4.78, 5) is 23.2. The Labute approximate surface area is 145 Å². The van der Waals surface area contributed by atoms with Crippen LogP contribution < -0.4 is 11.1 Å². The van der Waals surface area contributed by atoms with Crippen LogP contribution in [-0.4, -0.2) is 32.3 Å². The summed E-state index contributed by atoms with van der Waals surface area (Å²) in [6.07, 6.45) is 0.964. The van der Waals surface area contributed by atoms with Gasteiger partial charge in [0.25, 0.3) is 0 Å². The standard InChI is InChI=1S/C16H21N5O2S/c1-3-11-7-5-6-8-12(11)18-15(23)9-14-19-20-16(21(14)4-2)24-10-13(17)22/h5-8H,3-4,9-10H2,1-2H3,(H2,17,22)(H,18,23). The largest absolute Gasteiger partial charge is 0.369 e. The molecule has 0 aliphatic heterocycles. The number of primary amides is 1. The first kappa shape index (κ1) is 18.0. The Morgan fingerprint density at radius 3 is 2.67 bits per heavy atom. The Balaban J connectivity index is 2.07. The molecular formula is C16H21N5O2S. The number of aryl methyl sites for hydroxylation is 1. The fourth-order valence-electron chi connectivity index (χ4n) is 2.30. The van der Waals surface area contributed by atoms with Gasteiger partial charge in [0.05, 0.1) is 12.2 Å². The monoisotopic (exact) mass is 347 g/mol. The van der Waals surface area contributed by atoms with Gasteiger partial charge in [-0.3, -0.25) is 9.59 Å². The molecule has 0 saturated heterocycles. The van der Waals surface area contributed by atoms with Crippen molar-refractivity contribution in [2.75, 3.05) is 11.1 Å². The minimum absolute atomic E-state index is 0.121. The van der Waals surface area contributed by atoms with E-state index in [1.54, 1.807) is 0 Å². The van der Waals surface area contributed by atoms with Crippen molar-refractivity contribution in [1.82, 2.24) is 14.8 Å². The molecule has 0 saturated carbocycles. The van der Waals surface area contributed by atoms with Crippen molar-refractivity contribution < 1.29 is 9.59 Å². The number of nitrogens with one attached hydrogen (secondary N) is 1. The molecule has 0 aliphatic carbocycles. The number of thioether (sulfide) groups is 1. The third kappa shape index (κ3) is 4.58. The van der Waals surface area contributed by atoms with E-state index < -0.39 is 5.91 Å². The van der Waals surface area contributed by atoms with Crippen LogP contribution in [0.2, 0.25) is 0 Å². The maximum atomic E-state index is 12.3. The summed E-state index contributed by atoms with van der Waals surface area (Å²) >= 11 is 1.22. The van der Waals surface area contributed by atoms with E-state index in [1.165, 1.54) is 11.8 Å². The zero-order valence-electron chi connectivity index (χ0n) is 13.8. The van der Waals surface area contributed by atoms with E-state index in [9.17, 15) is 9.59 Å². The number of amides is 2. The van der Waals surface area contributed by atoms with Gasteiger partial charge < -0.3 is 15.6 Å². The average molecular weight is 347 g/mol. The highest BCUT2D eigenvalue weighted by Crippen LogP contribution is 2.18. The van der Waals surface area contributed by atoms with Gasteiger partial charge in [-0.05, 0) is 25.0 Å². The molecule has 2 amide bonds. The Kier molecular flexibility index (Phi) is 6.36. The number of hydrogen-bond donors (Lipinski definition) is 2. The van der Waals surface area contributed by atoms with E-state index in [4.69, 9.17) is 5.73 Å². The Bertz CT molecular complexity index is 729. The van der Waals surface area contributed by atoms with Gasteiger partial charge in [0.2, 0.25) is 11.8 Å². The predicted molar refractivity (Wildman–Crippen MR) is 93.8 cm³/mol. The number of carbonyl (C=O) groups is 2. The van der Waals surface area contributed by atoms with Gasteiger partial charge in [-0.15, -0.1) is 10.2 Å². The molecule has 7 nitrogen and oxygen atoms in total. The smallest absolute Gasteiger partial charge is 0.232 e. The van der Waals surface area contributed by atoms with E-state index in [0.29, 0.717) is 17.5 Å². The first-order chi connectivity index (χ1) is 11.5. The van der Waals surface area contributed by atoms with Crippen LogP contribution in [0, 0.1) is 0 Å². The van der Waals surface area contributed by atoms with Crippen LogP contribution in [-0.2, 0) is 29.0 Å². The summed E-state index contributed by atoms with van der Waals surface area (Å²) in [6.45, 7) is 4.59.